The number of hydrogen-bond acceptors (Lipinski definition) is 7. The summed E-state index contributed by atoms with van der Waals surface area (Å²) in [4.78, 5) is 28.1. The lowest BCUT2D eigenvalue weighted by Gasteiger charge is -2.06. The lowest BCUT2D eigenvalue weighted by Crippen LogP contribution is -2.20. The highest BCUT2D eigenvalue weighted by molar-refractivity contribution is 6.07. The molecule has 3 rings (SSSR count). The van der Waals surface area contributed by atoms with Gasteiger partial charge in [-0.1, -0.05) is 0 Å². The Labute approximate surface area is 142 Å². The van der Waals surface area contributed by atoms with E-state index in [0.717, 1.165) is 0 Å². The van der Waals surface area contributed by atoms with E-state index in [1.54, 1.807) is 25.4 Å². The molecule has 0 aliphatic rings. The van der Waals surface area contributed by atoms with Crippen molar-refractivity contribution in [3.05, 3.63) is 35.9 Å². The Kier molecular flexibility index (Phi) is 4.31. The van der Waals surface area contributed by atoms with Crippen LogP contribution in [0.25, 0.3) is 5.52 Å². The number of carbonyl (C=O) groups excluding carboxylic acids is 2. The van der Waals surface area contributed by atoms with Crippen LogP contribution < -0.4 is 22.1 Å². The normalized spacial score (nSPS) is 10.8. The van der Waals surface area contributed by atoms with Gasteiger partial charge in [0.15, 0.2) is 5.69 Å². The van der Waals surface area contributed by atoms with Crippen molar-refractivity contribution in [3.8, 4) is 0 Å². The molecule has 3 aromatic rings. The summed E-state index contributed by atoms with van der Waals surface area (Å²) in [7, 11) is 1.62. The molecule has 25 heavy (non-hydrogen) atoms. The predicted octanol–water partition coefficient (Wildman–Crippen LogP) is -0.815. The van der Waals surface area contributed by atoms with Crippen LogP contribution >= 0.6 is 0 Å². The maximum atomic E-state index is 12.6. The number of anilines is 2. The average molecular weight is 343 g/mol. The van der Waals surface area contributed by atoms with E-state index in [-0.39, 0.29) is 17.1 Å². The monoisotopic (exact) mass is 343 g/mol. The smallest absolute Gasteiger partial charge is 0.274 e. The summed E-state index contributed by atoms with van der Waals surface area (Å²) >= 11 is 0. The predicted molar refractivity (Wildman–Crippen MR) is 90.2 cm³/mol. The molecular formula is C14H17N9O2. The Morgan fingerprint density at radius 3 is 2.80 bits per heavy atom. The van der Waals surface area contributed by atoms with Crippen LogP contribution in [0.4, 0.5) is 11.6 Å². The number of aryl methyl sites for hydroxylation is 1. The molecule has 0 spiro atoms. The van der Waals surface area contributed by atoms with Gasteiger partial charge >= 0.3 is 0 Å². The molecule has 0 saturated carbocycles. The number of aromatic nitrogens is 5. The second kappa shape index (κ2) is 6.57. The largest absolute Gasteiger partial charge is 0.364 e. The summed E-state index contributed by atoms with van der Waals surface area (Å²) in [6, 6.07) is 3.31. The topological polar surface area (TPSA) is 158 Å². The van der Waals surface area contributed by atoms with Crippen LogP contribution in [0, 0.1) is 0 Å². The third-order valence-corrected chi connectivity index (χ3v) is 3.37. The molecule has 0 aliphatic carbocycles. The first-order chi connectivity index (χ1) is 12.0. The Bertz CT molecular complexity index is 943. The van der Waals surface area contributed by atoms with Crippen LogP contribution in [0.5, 0.6) is 0 Å². The van der Waals surface area contributed by atoms with Crippen molar-refractivity contribution in [1.29, 1.82) is 0 Å². The van der Waals surface area contributed by atoms with E-state index in [2.05, 4.69) is 25.8 Å². The van der Waals surface area contributed by atoms with Gasteiger partial charge in [-0.2, -0.15) is 5.10 Å². The number of amides is 2. The minimum atomic E-state index is -0.730. The molecule has 2 amide bonds. The maximum absolute atomic E-state index is 12.6. The number of nitrogens with two attached hydrogens (primary N) is 2. The molecule has 0 saturated heterocycles. The van der Waals surface area contributed by atoms with Gasteiger partial charge in [-0.15, -0.1) is 5.10 Å². The fourth-order valence-corrected chi connectivity index (χ4v) is 2.29. The molecule has 3 heterocycles. The van der Waals surface area contributed by atoms with Crippen molar-refractivity contribution in [2.45, 2.75) is 0 Å². The van der Waals surface area contributed by atoms with Gasteiger partial charge in [0.1, 0.15) is 5.69 Å². The molecule has 0 atom stereocenters. The maximum Gasteiger partial charge on any atom is 0.274 e. The number of rotatable bonds is 6. The highest BCUT2D eigenvalue weighted by Gasteiger charge is 2.18. The van der Waals surface area contributed by atoms with Crippen molar-refractivity contribution in [2.75, 3.05) is 23.7 Å². The van der Waals surface area contributed by atoms with Gasteiger partial charge in [0.2, 0.25) is 5.95 Å². The summed E-state index contributed by atoms with van der Waals surface area (Å²) in [5.41, 5.74) is 11.8. The van der Waals surface area contributed by atoms with Gasteiger partial charge in [0.05, 0.1) is 17.4 Å². The van der Waals surface area contributed by atoms with Crippen molar-refractivity contribution in [3.63, 3.8) is 0 Å². The number of primary amides is 1. The third kappa shape index (κ3) is 3.26. The van der Waals surface area contributed by atoms with Crippen LogP contribution in [0.15, 0.2) is 24.5 Å². The van der Waals surface area contributed by atoms with Crippen LogP contribution in [0.3, 0.4) is 0 Å². The quantitative estimate of drug-likeness (QED) is 0.455. The first kappa shape index (κ1) is 16.4. The van der Waals surface area contributed by atoms with E-state index in [0.29, 0.717) is 24.6 Å². The highest BCUT2D eigenvalue weighted by Crippen LogP contribution is 2.16. The molecule has 0 aromatic carbocycles. The third-order valence-electron chi connectivity index (χ3n) is 3.37. The van der Waals surface area contributed by atoms with E-state index in [9.17, 15) is 9.59 Å². The van der Waals surface area contributed by atoms with Crippen LogP contribution in [0.2, 0.25) is 0 Å². The molecule has 0 fully saturated rings. The van der Waals surface area contributed by atoms with Crippen molar-refractivity contribution in [1.82, 2.24) is 24.4 Å². The van der Waals surface area contributed by atoms with Gasteiger partial charge in [-0.3, -0.25) is 14.3 Å². The van der Waals surface area contributed by atoms with E-state index < -0.39 is 11.8 Å². The number of carbonyl (C=O) groups is 2. The number of fused-ring (bicyclic) bond motifs is 1. The van der Waals surface area contributed by atoms with Crippen LogP contribution in [0.1, 0.15) is 21.0 Å². The van der Waals surface area contributed by atoms with E-state index in [1.165, 1.54) is 15.4 Å². The Balaban J connectivity index is 1.90. The van der Waals surface area contributed by atoms with Crippen molar-refractivity contribution < 1.29 is 9.59 Å². The zero-order valence-corrected chi connectivity index (χ0v) is 13.4. The zero-order valence-electron chi connectivity index (χ0n) is 13.4. The summed E-state index contributed by atoms with van der Waals surface area (Å²) in [5.74, 6) is -0.840. The number of nitrogens with one attached hydrogen (secondary N) is 2. The molecule has 3 aromatic heterocycles. The van der Waals surface area contributed by atoms with Crippen LogP contribution in [-0.2, 0) is 7.05 Å². The SMILES string of the molecule is Cn1cc(NC(=O)c2ccc3cnc(NCCN)nn23)c(C(N)=O)n1. The van der Waals surface area contributed by atoms with Gasteiger partial charge < -0.3 is 22.1 Å². The number of nitrogens with zero attached hydrogens (tertiary/aromatic N) is 5. The van der Waals surface area contributed by atoms with Crippen LogP contribution in [-0.4, -0.2) is 49.3 Å². The summed E-state index contributed by atoms with van der Waals surface area (Å²) in [6.45, 7) is 0.934. The Morgan fingerprint density at radius 2 is 2.08 bits per heavy atom. The van der Waals surface area contributed by atoms with E-state index in [1.807, 2.05) is 0 Å². The van der Waals surface area contributed by atoms with E-state index in [4.69, 9.17) is 11.5 Å². The molecule has 6 N–H and O–H groups in total. The molecule has 0 bridgehead atoms. The standard InChI is InChI=1S/C14H17N9O2/c1-22-7-9(11(20-22)12(16)24)19-13(25)10-3-2-8-6-18-14(17-5-4-15)21-23(8)10/h2-3,6-7H,4-5,15H2,1H3,(H2,16,24)(H,17,21)(H,19,25). The van der Waals surface area contributed by atoms with Gasteiger partial charge in [0, 0.05) is 26.3 Å². The van der Waals surface area contributed by atoms with Gasteiger partial charge in [-0.25, -0.2) is 9.50 Å². The molecule has 0 unspecified atom stereocenters. The molecular weight excluding hydrogens is 326 g/mol. The average Bonchev–Trinajstić information content (AvgIpc) is 3.15. The Hall–Kier alpha value is -3.47. The zero-order chi connectivity index (χ0) is 18.0. The lowest BCUT2D eigenvalue weighted by molar-refractivity contribution is 0.0995. The second-order valence-electron chi connectivity index (χ2n) is 5.24. The minimum absolute atomic E-state index is 0.0170. The minimum Gasteiger partial charge on any atom is -0.364 e. The van der Waals surface area contributed by atoms with Gasteiger partial charge in [0.25, 0.3) is 11.8 Å². The first-order valence-corrected chi connectivity index (χ1v) is 7.43. The number of hydrogen-bond donors (Lipinski definition) is 4. The summed E-state index contributed by atoms with van der Waals surface area (Å²) < 4.78 is 2.84. The molecule has 0 aliphatic heterocycles. The first-order valence-electron chi connectivity index (χ1n) is 7.43. The molecule has 11 heteroatoms. The molecule has 0 radical (unpaired) electrons. The summed E-state index contributed by atoms with van der Waals surface area (Å²) in [6.07, 6.45) is 3.08. The van der Waals surface area contributed by atoms with Crippen molar-refractivity contribution in [2.24, 2.45) is 18.5 Å². The second-order valence-corrected chi connectivity index (χ2v) is 5.24. The summed E-state index contributed by atoms with van der Waals surface area (Å²) in [5, 5.41) is 13.8. The van der Waals surface area contributed by atoms with Crippen molar-refractivity contribution >= 4 is 29.0 Å². The van der Waals surface area contributed by atoms with E-state index >= 15 is 0 Å². The molecule has 130 valence electrons. The lowest BCUT2D eigenvalue weighted by atomic mass is 10.3. The molecule has 11 nitrogen and oxygen atoms in total. The van der Waals surface area contributed by atoms with Gasteiger partial charge in [-0.05, 0) is 12.1 Å². The fourth-order valence-electron chi connectivity index (χ4n) is 2.29. The Morgan fingerprint density at radius 1 is 1.28 bits per heavy atom. The highest BCUT2D eigenvalue weighted by atomic mass is 16.2. The fraction of sp³-hybridized carbons (Fsp3) is 0.214.